The molecule has 0 amide bonds. The fraction of sp³-hybridized carbons (Fsp3) is 0.217. The molecule has 0 saturated carbocycles. The number of sulfone groups is 1. The van der Waals surface area contributed by atoms with E-state index < -0.39 is 9.84 Å². The van der Waals surface area contributed by atoms with Gasteiger partial charge in [0.1, 0.15) is 0 Å². The quantitative estimate of drug-likeness (QED) is 0.316. The summed E-state index contributed by atoms with van der Waals surface area (Å²) in [5.41, 5.74) is 3.99. The average molecular weight is 488 g/mol. The highest BCUT2D eigenvalue weighted by Gasteiger charge is 2.28. The molecule has 3 aromatic rings. The Balaban J connectivity index is 2.02. The van der Waals surface area contributed by atoms with Crippen molar-refractivity contribution in [3.63, 3.8) is 0 Å². The molecule has 1 aromatic heterocycles. The Morgan fingerprint density at radius 3 is 2.52 bits per heavy atom. The minimum Gasteiger partial charge on any atom is -0.367 e. The lowest BCUT2D eigenvalue weighted by Gasteiger charge is -2.31. The van der Waals surface area contributed by atoms with Crippen LogP contribution < -0.4 is 4.90 Å². The van der Waals surface area contributed by atoms with Crippen LogP contribution >= 0.6 is 27.3 Å². The SMILES string of the molecule is Cc1cc(S(=O)(=O)c2ccccc2)c(-c2cccs2)c(CBr)c1N1CC=CCC1. The standard InChI is InChI=1S/C23H22BrNO2S2/c1-17-15-21(29(26,27)18-9-4-2-5-10-18)22(20-11-8-14-28-20)19(16-24)23(17)25-12-6-3-7-13-25/h2-6,8-11,14-15H,7,12-13,16H2,1H3. The molecule has 0 spiro atoms. The number of alkyl halides is 1. The highest BCUT2D eigenvalue weighted by Crippen LogP contribution is 2.43. The fourth-order valence-corrected chi connectivity index (χ4v) is 6.91. The zero-order valence-electron chi connectivity index (χ0n) is 16.1. The first kappa shape index (κ1) is 20.4. The predicted molar refractivity (Wildman–Crippen MR) is 125 cm³/mol. The number of hydrogen-bond acceptors (Lipinski definition) is 4. The third-order valence-electron chi connectivity index (χ3n) is 5.17. The van der Waals surface area contributed by atoms with Gasteiger partial charge in [0.15, 0.2) is 0 Å². The summed E-state index contributed by atoms with van der Waals surface area (Å²) in [5.74, 6) is 0. The molecule has 29 heavy (non-hydrogen) atoms. The van der Waals surface area contributed by atoms with Crippen molar-refractivity contribution in [2.75, 3.05) is 18.0 Å². The molecule has 0 aliphatic carbocycles. The maximum atomic E-state index is 13.6. The molecule has 0 atom stereocenters. The first-order valence-electron chi connectivity index (χ1n) is 9.50. The van der Waals surface area contributed by atoms with Gasteiger partial charge < -0.3 is 4.90 Å². The van der Waals surface area contributed by atoms with Crippen LogP contribution in [0.25, 0.3) is 10.4 Å². The van der Waals surface area contributed by atoms with Crippen molar-refractivity contribution >= 4 is 42.8 Å². The zero-order chi connectivity index (χ0) is 20.4. The lowest BCUT2D eigenvalue weighted by atomic mass is 9.99. The van der Waals surface area contributed by atoms with Gasteiger partial charge in [-0.2, -0.15) is 0 Å². The number of benzene rings is 2. The summed E-state index contributed by atoms with van der Waals surface area (Å²) in [5, 5.41) is 2.59. The maximum Gasteiger partial charge on any atom is 0.207 e. The minimum absolute atomic E-state index is 0.325. The number of aryl methyl sites for hydroxylation is 1. The molecule has 0 unspecified atom stereocenters. The Labute approximate surface area is 184 Å². The smallest absolute Gasteiger partial charge is 0.207 e. The van der Waals surface area contributed by atoms with Gasteiger partial charge in [-0.25, -0.2) is 8.42 Å². The molecule has 0 radical (unpaired) electrons. The molecule has 4 rings (SSSR count). The van der Waals surface area contributed by atoms with Gasteiger partial charge in [0.25, 0.3) is 0 Å². The van der Waals surface area contributed by atoms with Gasteiger partial charge >= 0.3 is 0 Å². The van der Waals surface area contributed by atoms with Crippen molar-refractivity contribution in [1.29, 1.82) is 0 Å². The Morgan fingerprint density at radius 1 is 1.10 bits per heavy atom. The fourth-order valence-electron chi connectivity index (χ4n) is 3.89. The Morgan fingerprint density at radius 2 is 1.90 bits per heavy atom. The second-order valence-corrected chi connectivity index (χ2v) is 10.5. The minimum atomic E-state index is -3.64. The summed E-state index contributed by atoms with van der Waals surface area (Å²) in [6.45, 7) is 3.80. The molecule has 1 aliphatic rings. The first-order valence-corrected chi connectivity index (χ1v) is 13.0. The van der Waals surface area contributed by atoms with E-state index in [1.807, 2.05) is 36.6 Å². The Hall–Kier alpha value is -1.89. The largest absolute Gasteiger partial charge is 0.367 e. The normalized spacial score (nSPS) is 14.3. The monoisotopic (exact) mass is 487 g/mol. The molecule has 6 heteroatoms. The van der Waals surface area contributed by atoms with Gasteiger partial charge in [-0.1, -0.05) is 52.3 Å². The maximum absolute atomic E-state index is 13.6. The number of anilines is 1. The summed E-state index contributed by atoms with van der Waals surface area (Å²) in [6, 6.07) is 14.5. The number of halogens is 1. The molecular weight excluding hydrogens is 466 g/mol. The van der Waals surface area contributed by atoms with Gasteiger partial charge in [0.05, 0.1) is 9.79 Å². The average Bonchev–Trinajstić information content (AvgIpc) is 3.28. The summed E-state index contributed by atoms with van der Waals surface area (Å²) in [4.78, 5) is 4.03. The molecule has 0 N–H and O–H groups in total. The van der Waals surface area contributed by atoms with E-state index in [1.54, 1.807) is 35.6 Å². The van der Waals surface area contributed by atoms with E-state index in [0.29, 0.717) is 15.1 Å². The molecule has 2 heterocycles. The number of hydrogen-bond donors (Lipinski definition) is 0. The van der Waals surface area contributed by atoms with Crippen molar-refractivity contribution in [1.82, 2.24) is 0 Å². The van der Waals surface area contributed by atoms with Crippen LogP contribution in [0, 0.1) is 6.92 Å². The van der Waals surface area contributed by atoms with Gasteiger partial charge in [-0.15, -0.1) is 11.3 Å². The van der Waals surface area contributed by atoms with Crippen molar-refractivity contribution in [3.8, 4) is 10.4 Å². The predicted octanol–water partition coefficient (Wildman–Crippen LogP) is 6.22. The Kier molecular flexibility index (Phi) is 5.95. The summed E-state index contributed by atoms with van der Waals surface area (Å²) in [7, 11) is -3.64. The van der Waals surface area contributed by atoms with Crippen LogP contribution in [-0.4, -0.2) is 21.5 Å². The van der Waals surface area contributed by atoms with Crippen LogP contribution in [0.5, 0.6) is 0 Å². The van der Waals surface area contributed by atoms with E-state index >= 15 is 0 Å². The zero-order valence-corrected chi connectivity index (χ0v) is 19.4. The molecule has 1 aliphatic heterocycles. The van der Waals surface area contributed by atoms with Crippen LogP contribution in [-0.2, 0) is 15.2 Å². The highest BCUT2D eigenvalue weighted by molar-refractivity contribution is 9.08. The molecule has 0 saturated heterocycles. The first-order chi connectivity index (χ1) is 14.0. The van der Waals surface area contributed by atoms with E-state index in [2.05, 4.69) is 33.0 Å². The molecule has 3 nitrogen and oxygen atoms in total. The van der Waals surface area contributed by atoms with E-state index in [4.69, 9.17) is 0 Å². The van der Waals surface area contributed by atoms with Crippen LogP contribution in [0.1, 0.15) is 17.5 Å². The van der Waals surface area contributed by atoms with Crippen molar-refractivity contribution in [2.24, 2.45) is 0 Å². The second-order valence-electron chi connectivity index (χ2n) is 7.03. The van der Waals surface area contributed by atoms with Crippen molar-refractivity contribution < 1.29 is 8.42 Å². The van der Waals surface area contributed by atoms with Crippen LogP contribution in [0.3, 0.4) is 0 Å². The third-order valence-corrected chi connectivity index (χ3v) is 8.42. The third kappa shape index (κ3) is 3.81. The topological polar surface area (TPSA) is 37.4 Å². The summed E-state index contributed by atoms with van der Waals surface area (Å²) >= 11 is 5.24. The molecule has 2 aromatic carbocycles. The van der Waals surface area contributed by atoms with E-state index in [1.165, 1.54) is 0 Å². The van der Waals surface area contributed by atoms with Crippen LogP contribution in [0.15, 0.2) is 75.9 Å². The highest BCUT2D eigenvalue weighted by atomic mass is 79.9. The number of nitrogens with zero attached hydrogens (tertiary/aromatic N) is 1. The molecule has 0 fully saturated rings. The summed E-state index contributed by atoms with van der Waals surface area (Å²) < 4.78 is 27.2. The van der Waals surface area contributed by atoms with Gasteiger partial charge in [0, 0.05) is 34.5 Å². The molecule has 150 valence electrons. The van der Waals surface area contributed by atoms with Crippen molar-refractivity contribution in [2.45, 2.75) is 28.5 Å². The molecular formula is C23H22BrNO2S2. The van der Waals surface area contributed by atoms with E-state index in [0.717, 1.165) is 46.8 Å². The van der Waals surface area contributed by atoms with Gasteiger partial charge in [0.2, 0.25) is 9.84 Å². The van der Waals surface area contributed by atoms with Gasteiger partial charge in [-0.05, 0) is 54.1 Å². The lowest BCUT2D eigenvalue weighted by molar-refractivity contribution is 0.596. The van der Waals surface area contributed by atoms with Gasteiger partial charge in [-0.3, -0.25) is 0 Å². The second kappa shape index (κ2) is 8.46. The number of rotatable bonds is 5. The molecule has 0 bridgehead atoms. The van der Waals surface area contributed by atoms with Crippen LogP contribution in [0.4, 0.5) is 5.69 Å². The lowest BCUT2D eigenvalue weighted by Crippen LogP contribution is -2.29. The van der Waals surface area contributed by atoms with E-state index in [-0.39, 0.29) is 0 Å². The number of thiophene rings is 1. The summed E-state index contributed by atoms with van der Waals surface area (Å²) in [6.07, 6.45) is 5.38. The van der Waals surface area contributed by atoms with Crippen LogP contribution in [0.2, 0.25) is 0 Å². The van der Waals surface area contributed by atoms with Crippen molar-refractivity contribution in [3.05, 3.63) is 77.2 Å². The Bertz CT molecular complexity index is 1140. The van der Waals surface area contributed by atoms with E-state index in [9.17, 15) is 8.42 Å².